The van der Waals surface area contributed by atoms with Crippen molar-refractivity contribution in [3.8, 4) is 0 Å². The van der Waals surface area contributed by atoms with Gasteiger partial charge in [0, 0.05) is 18.0 Å². The highest BCUT2D eigenvalue weighted by Crippen LogP contribution is 2.38. The van der Waals surface area contributed by atoms with Crippen molar-refractivity contribution in [2.45, 2.75) is 51.0 Å². The lowest BCUT2D eigenvalue weighted by molar-refractivity contribution is 0.0972. The molecule has 3 rings (SSSR count). The number of nitrogens with zero attached hydrogens (tertiary/aromatic N) is 2. The summed E-state index contributed by atoms with van der Waals surface area (Å²) < 4.78 is 1.80. The van der Waals surface area contributed by atoms with E-state index in [1.165, 1.54) is 37.7 Å². The van der Waals surface area contributed by atoms with Crippen LogP contribution in [-0.4, -0.2) is 15.3 Å². The van der Waals surface area contributed by atoms with Crippen LogP contribution < -0.4 is 0 Å². The molecule has 2 aromatic rings. The molecular formula is C18H22N2O. The molecule has 1 aromatic carbocycles. The van der Waals surface area contributed by atoms with Gasteiger partial charge in [-0.2, -0.15) is 0 Å². The molecule has 1 saturated carbocycles. The number of ketones is 1. The van der Waals surface area contributed by atoms with E-state index in [9.17, 15) is 4.79 Å². The van der Waals surface area contributed by atoms with E-state index in [2.05, 4.69) is 24.0 Å². The predicted molar refractivity (Wildman–Crippen MR) is 83.4 cm³/mol. The van der Waals surface area contributed by atoms with Crippen LogP contribution >= 0.6 is 0 Å². The minimum absolute atomic E-state index is 0.133. The summed E-state index contributed by atoms with van der Waals surface area (Å²) in [6, 6.07) is 8.25. The average Bonchev–Trinajstić information content (AvgIpc) is 3.01. The van der Waals surface area contributed by atoms with Crippen molar-refractivity contribution in [3.63, 3.8) is 0 Å². The van der Waals surface area contributed by atoms with E-state index in [4.69, 9.17) is 0 Å². The van der Waals surface area contributed by atoms with Gasteiger partial charge in [-0.05, 0) is 23.8 Å². The summed E-state index contributed by atoms with van der Waals surface area (Å²) in [7, 11) is 0. The van der Waals surface area contributed by atoms with Crippen molar-refractivity contribution in [1.29, 1.82) is 0 Å². The molecule has 1 aliphatic carbocycles. The first-order valence-electron chi connectivity index (χ1n) is 7.77. The summed E-state index contributed by atoms with van der Waals surface area (Å²) >= 11 is 0. The molecule has 0 radical (unpaired) electrons. The van der Waals surface area contributed by atoms with Gasteiger partial charge in [-0.3, -0.25) is 4.79 Å². The summed E-state index contributed by atoms with van der Waals surface area (Å²) in [4.78, 5) is 16.2. The minimum atomic E-state index is 0.133. The van der Waals surface area contributed by atoms with Gasteiger partial charge in [-0.15, -0.1) is 0 Å². The third-order valence-corrected chi connectivity index (χ3v) is 4.75. The summed E-state index contributed by atoms with van der Waals surface area (Å²) in [5.41, 5.74) is 2.46. The number of rotatable bonds is 4. The Bertz CT molecular complexity index is 593. The highest BCUT2D eigenvalue weighted by Gasteiger charge is 2.28. The fourth-order valence-corrected chi connectivity index (χ4v) is 3.32. The number of hydrogen-bond donors (Lipinski definition) is 0. The zero-order valence-electron chi connectivity index (χ0n) is 12.6. The summed E-state index contributed by atoms with van der Waals surface area (Å²) in [5.74, 6) is 0.133. The van der Waals surface area contributed by atoms with Crippen LogP contribution in [0.15, 0.2) is 43.0 Å². The van der Waals surface area contributed by atoms with Gasteiger partial charge in [-0.1, -0.05) is 50.5 Å². The number of carbonyl (C=O) groups is 1. The van der Waals surface area contributed by atoms with Crippen molar-refractivity contribution in [2.75, 3.05) is 0 Å². The Morgan fingerprint density at radius 3 is 2.52 bits per heavy atom. The first kappa shape index (κ1) is 14.1. The lowest BCUT2D eigenvalue weighted by Crippen LogP contribution is -2.25. The van der Waals surface area contributed by atoms with E-state index < -0.39 is 0 Å². The second-order valence-electron chi connectivity index (χ2n) is 6.36. The number of carbonyl (C=O) groups excluding carboxylic acids is 1. The second-order valence-corrected chi connectivity index (χ2v) is 6.36. The van der Waals surface area contributed by atoms with Gasteiger partial charge in [0.25, 0.3) is 0 Å². The minimum Gasteiger partial charge on any atom is -0.330 e. The molecule has 0 atom stereocenters. The van der Waals surface area contributed by atoms with E-state index in [-0.39, 0.29) is 5.78 Å². The van der Waals surface area contributed by atoms with Gasteiger partial charge >= 0.3 is 0 Å². The molecule has 0 N–H and O–H groups in total. The lowest BCUT2D eigenvalue weighted by Gasteiger charge is -2.34. The van der Waals surface area contributed by atoms with Crippen molar-refractivity contribution < 1.29 is 4.79 Å². The van der Waals surface area contributed by atoms with Gasteiger partial charge in [-0.25, -0.2) is 4.98 Å². The summed E-state index contributed by atoms with van der Waals surface area (Å²) in [5, 5.41) is 0. The third-order valence-electron chi connectivity index (χ3n) is 4.75. The predicted octanol–water partition coefficient (Wildman–Crippen LogP) is 3.99. The molecule has 3 heteroatoms. The zero-order valence-corrected chi connectivity index (χ0v) is 12.6. The lowest BCUT2D eigenvalue weighted by atomic mass is 9.71. The maximum absolute atomic E-state index is 12.2. The molecule has 0 spiro atoms. The number of benzene rings is 1. The van der Waals surface area contributed by atoms with Crippen LogP contribution in [0, 0.1) is 0 Å². The van der Waals surface area contributed by atoms with Crippen molar-refractivity contribution in [1.82, 2.24) is 9.55 Å². The van der Waals surface area contributed by atoms with Crippen molar-refractivity contribution in [2.24, 2.45) is 0 Å². The summed E-state index contributed by atoms with van der Waals surface area (Å²) in [6.07, 6.45) is 11.7. The SMILES string of the molecule is CC1(c2ccc(C(=O)Cn3ccnc3)cc2)CCCCC1. The number of hydrogen-bond acceptors (Lipinski definition) is 2. The van der Waals surface area contributed by atoms with E-state index in [0.717, 1.165) is 5.56 Å². The molecule has 0 amide bonds. The van der Waals surface area contributed by atoms with Crippen LogP contribution in [0.5, 0.6) is 0 Å². The van der Waals surface area contributed by atoms with Crippen LogP contribution in [0.3, 0.4) is 0 Å². The van der Waals surface area contributed by atoms with Gasteiger partial charge in [0.05, 0.1) is 12.9 Å². The fourth-order valence-electron chi connectivity index (χ4n) is 3.32. The molecule has 0 bridgehead atoms. The van der Waals surface area contributed by atoms with Gasteiger partial charge in [0.2, 0.25) is 0 Å². The van der Waals surface area contributed by atoms with Crippen molar-refractivity contribution in [3.05, 3.63) is 54.1 Å². The van der Waals surface area contributed by atoms with Crippen LogP contribution in [0.4, 0.5) is 0 Å². The molecule has 1 aromatic heterocycles. The first-order chi connectivity index (χ1) is 10.2. The monoisotopic (exact) mass is 282 g/mol. The molecule has 3 nitrogen and oxygen atoms in total. The smallest absolute Gasteiger partial charge is 0.182 e. The van der Waals surface area contributed by atoms with Gasteiger partial charge in [0.15, 0.2) is 5.78 Å². The molecular weight excluding hydrogens is 260 g/mol. The molecule has 21 heavy (non-hydrogen) atoms. The standard InChI is InChI=1S/C18H22N2O/c1-18(9-3-2-4-10-18)16-7-5-15(6-8-16)17(21)13-20-12-11-19-14-20/h5-8,11-12,14H,2-4,9-10,13H2,1H3. The Kier molecular flexibility index (Phi) is 3.91. The number of Topliss-reactive ketones (excluding diaryl/α,β-unsaturated/α-hetero) is 1. The fraction of sp³-hybridized carbons (Fsp3) is 0.444. The normalized spacial score (nSPS) is 17.6. The topological polar surface area (TPSA) is 34.9 Å². The molecule has 1 aliphatic rings. The maximum atomic E-state index is 12.2. The molecule has 0 saturated heterocycles. The Morgan fingerprint density at radius 1 is 1.19 bits per heavy atom. The number of aromatic nitrogens is 2. The Balaban J connectivity index is 1.73. The van der Waals surface area contributed by atoms with Crippen molar-refractivity contribution >= 4 is 5.78 Å². The Hall–Kier alpha value is -1.90. The highest BCUT2D eigenvalue weighted by atomic mass is 16.1. The Morgan fingerprint density at radius 2 is 1.90 bits per heavy atom. The molecule has 0 aliphatic heterocycles. The van der Waals surface area contributed by atoms with Gasteiger partial charge in [0.1, 0.15) is 0 Å². The van der Waals surface area contributed by atoms with E-state index in [1.54, 1.807) is 17.1 Å². The van der Waals surface area contributed by atoms with E-state index in [1.807, 2.05) is 18.3 Å². The first-order valence-corrected chi connectivity index (χ1v) is 7.77. The van der Waals surface area contributed by atoms with Crippen LogP contribution in [0.1, 0.15) is 54.9 Å². The van der Waals surface area contributed by atoms with E-state index >= 15 is 0 Å². The van der Waals surface area contributed by atoms with Crippen LogP contribution in [0.2, 0.25) is 0 Å². The molecule has 0 unspecified atom stereocenters. The molecule has 110 valence electrons. The van der Waals surface area contributed by atoms with Crippen LogP contribution in [0.25, 0.3) is 0 Å². The molecule has 1 fully saturated rings. The quantitative estimate of drug-likeness (QED) is 0.795. The molecule has 1 heterocycles. The average molecular weight is 282 g/mol. The zero-order chi connectivity index (χ0) is 14.7. The largest absolute Gasteiger partial charge is 0.330 e. The Labute approximate surface area is 126 Å². The maximum Gasteiger partial charge on any atom is 0.182 e. The highest BCUT2D eigenvalue weighted by molar-refractivity contribution is 5.95. The van der Waals surface area contributed by atoms with E-state index in [0.29, 0.717) is 12.0 Å². The number of imidazole rings is 1. The van der Waals surface area contributed by atoms with Crippen LogP contribution in [-0.2, 0) is 12.0 Å². The summed E-state index contributed by atoms with van der Waals surface area (Å²) in [6.45, 7) is 2.71. The second kappa shape index (κ2) is 5.84. The third kappa shape index (κ3) is 3.07. The van der Waals surface area contributed by atoms with Gasteiger partial charge < -0.3 is 4.57 Å².